The molecule has 1 aliphatic carbocycles. The van der Waals surface area contributed by atoms with E-state index in [9.17, 15) is 0 Å². The van der Waals surface area contributed by atoms with Crippen molar-refractivity contribution in [3.8, 4) is 0 Å². The predicted octanol–water partition coefficient (Wildman–Crippen LogP) is 7.62. The second-order valence-electron chi connectivity index (χ2n) is 10.9. The molecule has 2 aliphatic rings. The molecular formula is C33H39ClN2+2. The van der Waals surface area contributed by atoms with Gasteiger partial charge in [-0.15, -0.1) is 0 Å². The normalized spacial score (nSPS) is 20.0. The van der Waals surface area contributed by atoms with Gasteiger partial charge in [0.1, 0.15) is 5.69 Å². The van der Waals surface area contributed by atoms with Crippen LogP contribution in [0, 0.1) is 6.58 Å². The van der Waals surface area contributed by atoms with Gasteiger partial charge < -0.3 is 10.2 Å². The molecule has 0 saturated heterocycles. The summed E-state index contributed by atoms with van der Waals surface area (Å²) in [6.45, 7) is 15.6. The summed E-state index contributed by atoms with van der Waals surface area (Å²) in [4.78, 5) is 2.30. The third-order valence-electron chi connectivity index (χ3n) is 7.97. The summed E-state index contributed by atoms with van der Waals surface area (Å²) in [5, 5.41) is 3.00. The number of likely N-dealkylation sites (N-methyl/N-ethyl adjacent to an activating group) is 1. The molecule has 0 fully saturated rings. The minimum atomic E-state index is -0.280. The number of allylic oxidation sites excluding steroid dienone is 9. The Kier molecular flexibility index (Phi) is 7.43. The van der Waals surface area contributed by atoms with Crippen molar-refractivity contribution in [3.63, 3.8) is 0 Å². The van der Waals surface area contributed by atoms with Crippen LogP contribution in [0.3, 0.4) is 0 Å². The lowest BCUT2D eigenvalue weighted by molar-refractivity contribution is -0.540. The second kappa shape index (κ2) is 10.2. The van der Waals surface area contributed by atoms with Gasteiger partial charge in [0.2, 0.25) is 0 Å². The fourth-order valence-electron chi connectivity index (χ4n) is 5.56. The van der Waals surface area contributed by atoms with Gasteiger partial charge in [0.05, 0.1) is 25.1 Å². The highest BCUT2D eigenvalue weighted by molar-refractivity contribution is 6.32. The van der Waals surface area contributed by atoms with E-state index in [4.69, 9.17) is 18.2 Å². The molecule has 0 spiro atoms. The van der Waals surface area contributed by atoms with Crippen LogP contribution in [-0.2, 0) is 10.8 Å². The van der Waals surface area contributed by atoms with E-state index in [1.807, 2.05) is 0 Å². The highest BCUT2D eigenvalue weighted by Crippen LogP contribution is 2.47. The zero-order valence-corrected chi connectivity index (χ0v) is 23.3. The van der Waals surface area contributed by atoms with Crippen LogP contribution in [0.1, 0.15) is 58.1 Å². The first-order valence-corrected chi connectivity index (χ1v) is 13.3. The number of anilines is 1. The van der Waals surface area contributed by atoms with Crippen molar-refractivity contribution >= 4 is 23.0 Å². The summed E-state index contributed by atoms with van der Waals surface area (Å²) in [5.41, 5.74) is 9.23. The Balaban J connectivity index is 1.59. The Morgan fingerprint density at radius 1 is 1.06 bits per heavy atom. The van der Waals surface area contributed by atoms with Crippen molar-refractivity contribution in [2.24, 2.45) is 0 Å². The highest BCUT2D eigenvalue weighted by atomic mass is 35.5. The van der Waals surface area contributed by atoms with Crippen molar-refractivity contribution < 1.29 is 5.32 Å². The Hall–Kier alpha value is -2.90. The molecule has 0 bridgehead atoms. The molecule has 3 heteroatoms. The van der Waals surface area contributed by atoms with Crippen LogP contribution in [0.15, 0.2) is 100 Å². The first-order chi connectivity index (χ1) is 17.1. The van der Waals surface area contributed by atoms with Crippen LogP contribution in [0.5, 0.6) is 0 Å². The smallest absolute Gasteiger partial charge is 0.174 e. The van der Waals surface area contributed by atoms with Crippen LogP contribution in [0.2, 0.25) is 0 Å². The molecule has 2 nitrogen and oxygen atoms in total. The standard InChI is InChI=1S/C33H38ClN2/c1-23(32(2,3)26-15-8-10-17-28(26)35-6)19-20-24-13-12-14-25(31(24)34)21-22-30-33(4,5)27-16-9-11-18-29(27)36(30)7/h1,8-11,15-22,35H,12-14H2,2-7H3/q+1/p+1/b20-19+,25-21+,30-22+. The van der Waals surface area contributed by atoms with E-state index in [1.165, 1.54) is 33.8 Å². The number of quaternary nitrogens is 1. The lowest BCUT2D eigenvalue weighted by atomic mass is 9.77. The third-order valence-corrected chi connectivity index (χ3v) is 8.46. The fourth-order valence-corrected chi connectivity index (χ4v) is 5.88. The molecule has 0 amide bonds. The minimum absolute atomic E-state index is 0.0444. The van der Waals surface area contributed by atoms with Crippen LogP contribution in [0.25, 0.3) is 0 Å². The predicted molar refractivity (Wildman–Crippen MR) is 155 cm³/mol. The zero-order chi connectivity index (χ0) is 26.1. The minimum Gasteiger partial charge on any atom is -0.347 e. The molecule has 186 valence electrons. The number of nitrogens with two attached hydrogens (primary N) is 1. The molecule has 36 heavy (non-hydrogen) atoms. The summed E-state index contributed by atoms with van der Waals surface area (Å²) >= 11 is 6.96. The third kappa shape index (κ3) is 4.74. The topological polar surface area (TPSA) is 19.9 Å². The molecule has 1 heterocycles. The molecule has 1 aliphatic heterocycles. The molecule has 2 N–H and O–H groups in total. The van der Waals surface area contributed by atoms with Crippen LogP contribution < -0.4 is 10.2 Å². The number of hydrogen-bond donors (Lipinski definition) is 1. The van der Waals surface area contributed by atoms with Gasteiger partial charge in [-0.2, -0.15) is 0 Å². The molecule has 4 rings (SSSR count). The largest absolute Gasteiger partial charge is 0.347 e. The van der Waals surface area contributed by atoms with E-state index in [0.717, 1.165) is 35.4 Å². The van der Waals surface area contributed by atoms with Gasteiger partial charge in [-0.25, -0.2) is 0 Å². The number of fused-ring (bicyclic) bond motifs is 1. The first-order valence-electron chi connectivity index (χ1n) is 12.9. The molecular weight excluding hydrogens is 460 g/mol. The summed E-state index contributed by atoms with van der Waals surface area (Å²) < 4.78 is 0. The van der Waals surface area contributed by atoms with Crippen molar-refractivity contribution in [1.82, 2.24) is 0 Å². The molecule has 2 aromatic carbocycles. The summed E-state index contributed by atoms with van der Waals surface area (Å²) in [5.74, 6) is 0. The highest BCUT2D eigenvalue weighted by Gasteiger charge is 2.38. The van der Waals surface area contributed by atoms with Crippen LogP contribution in [-0.4, -0.2) is 14.1 Å². The van der Waals surface area contributed by atoms with Gasteiger partial charge >= 0.3 is 0 Å². The lowest BCUT2D eigenvalue weighted by Crippen LogP contribution is -2.73. The maximum atomic E-state index is 6.96. The van der Waals surface area contributed by atoms with Crippen LogP contribution in [0.4, 0.5) is 11.4 Å². The van der Waals surface area contributed by atoms with E-state index in [1.54, 1.807) is 0 Å². The van der Waals surface area contributed by atoms with Gasteiger partial charge in [0.25, 0.3) is 0 Å². The van der Waals surface area contributed by atoms with Gasteiger partial charge in [0.15, 0.2) is 5.57 Å². The number of rotatable bonds is 6. The molecule has 0 radical (unpaired) electrons. The molecule has 0 saturated carbocycles. The van der Waals surface area contributed by atoms with E-state index in [2.05, 4.69) is 125 Å². The lowest BCUT2D eigenvalue weighted by Gasteiger charge is -2.24. The molecule has 0 aromatic heterocycles. The quantitative estimate of drug-likeness (QED) is 0.246. The number of halogens is 1. The number of benzene rings is 2. The molecule has 2 aromatic rings. The summed E-state index contributed by atoms with van der Waals surface area (Å²) in [7, 11) is 4.22. The van der Waals surface area contributed by atoms with E-state index < -0.39 is 0 Å². The Bertz CT molecular complexity index is 1290. The molecule has 0 atom stereocenters. The van der Waals surface area contributed by atoms with Gasteiger partial charge in [-0.05, 0) is 68.0 Å². The van der Waals surface area contributed by atoms with Crippen molar-refractivity contribution in [3.05, 3.63) is 118 Å². The van der Waals surface area contributed by atoms with Crippen molar-refractivity contribution in [1.29, 1.82) is 0 Å². The van der Waals surface area contributed by atoms with E-state index >= 15 is 0 Å². The maximum Gasteiger partial charge on any atom is 0.174 e. The number of nitrogens with zero attached hydrogens (tertiary/aromatic N) is 1. The molecule has 0 unspecified atom stereocenters. The Morgan fingerprint density at radius 3 is 2.47 bits per heavy atom. The van der Waals surface area contributed by atoms with Crippen LogP contribution >= 0.6 is 11.6 Å². The van der Waals surface area contributed by atoms with Gasteiger partial charge in [-0.1, -0.05) is 67.9 Å². The van der Waals surface area contributed by atoms with E-state index in [0.29, 0.717) is 0 Å². The zero-order valence-electron chi connectivity index (χ0n) is 22.5. The summed E-state index contributed by atoms with van der Waals surface area (Å²) in [6.07, 6.45) is 11.7. The Labute approximate surface area is 222 Å². The number of para-hydroxylation sites is 2. The average molecular weight is 499 g/mol. The average Bonchev–Trinajstić information content (AvgIpc) is 3.07. The Morgan fingerprint density at radius 2 is 1.75 bits per heavy atom. The van der Waals surface area contributed by atoms with Gasteiger partial charge in [0, 0.05) is 40.5 Å². The van der Waals surface area contributed by atoms with E-state index in [-0.39, 0.29) is 10.8 Å². The summed E-state index contributed by atoms with van der Waals surface area (Å²) in [6, 6.07) is 17.1. The monoisotopic (exact) mass is 498 g/mol. The van der Waals surface area contributed by atoms with Gasteiger partial charge in [-0.3, -0.25) is 0 Å². The van der Waals surface area contributed by atoms with Crippen molar-refractivity contribution in [2.75, 3.05) is 19.0 Å². The maximum absolute atomic E-state index is 6.96. The SMILES string of the molecule is [CH+]=C(/C=C/C1=C(Cl)C(=C/C=C2/N(C)c3ccccc3C2(C)C)/CCC1)C(C)(C)c1ccccc1[NH2+]C. The fraction of sp³-hybridized carbons (Fsp3) is 0.333. The second-order valence-corrected chi connectivity index (χ2v) is 11.3. The number of hydrogen-bond acceptors (Lipinski definition) is 1. The first kappa shape index (κ1) is 26.2. The van der Waals surface area contributed by atoms with Crippen molar-refractivity contribution in [2.45, 2.75) is 57.8 Å².